The summed E-state index contributed by atoms with van der Waals surface area (Å²) in [6.07, 6.45) is 0.768. The van der Waals surface area contributed by atoms with Gasteiger partial charge in [-0.2, -0.15) is 5.26 Å². The lowest BCUT2D eigenvalue weighted by Gasteiger charge is -2.32. The average Bonchev–Trinajstić information content (AvgIpc) is 2.22. The fraction of sp³-hybridized carbons (Fsp3) is 0.636. The summed E-state index contributed by atoms with van der Waals surface area (Å²) in [7, 11) is 2.08. The van der Waals surface area contributed by atoms with Gasteiger partial charge in [0.2, 0.25) is 0 Å². The number of hydrogen-bond donors (Lipinski definition) is 2. The third-order valence-corrected chi connectivity index (χ3v) is 2.85. The molecule has 1 aliphatic rings. The van der Waals surface area contributed by atoms with E-state index in [-0.39, 0.29) is 12.3 Å². The van der Waals surface area contributed by atoms with Crippen LogP contribution in [-0.2, 0) is 4.79 Å². The lowest BCUT2D eigenvalue weighted by atomic mass is 10.0. The van der Waals surface area contributed by atoms with E-state index in [0.717, 1.165) is 18.7 Å². The van der Waals surface area contributed by atoms with Crippen molar-refractivity contribution in [2.75, 3.05) is 13.6 Å². The molecule has 0 aliphatic carbocycles. The summed E-state index contributed by atoms with van der Waals surface area (Å²) < 4.78 is 0. The highest BCUT2D eigenvalue weighted by atomic mass is 16.2. The van der Waals surface area contributed by atoms with Crippen molar-refractivity contribution < 1.29 is 4.79 Å². The second-order valence-corrected chi connectivity index (χ2v) is 4.24. The number of rotatable bonds is 3. The maximum absolute atomic E-state index is 11.1. The zero-order chi connectivity index (χ0) is 12.1. The fourth-order valence-corrected chi connectivity index (χ4v) is 1.67. The molecule has 0 radical (unpaired) electrons. The van der Waals surface area contributed by atoms with Gasteiger partial charge in [-0.25, -0.2) is 0 Å². The average molecular weight is 222 g/mol. The number of amides is 1. The topological polar surface area (TPSA) is 68.2 Å². The molecule has 0 aromatic rings. The van der Waals surface area contributed by atoms with Gasteiger partial charge in [-0.15, -0.1) is 0 Å². The van der Waals surface area contributed by atoms with E-state index >= 15 is 0 Å². The molecule has 2 N–H and O–H groups in total. The minimum Gasteiger partial charge on any atom is -0.303 e. The summed E-state index contributed by atoms with van der Waals surface area (Å²) >= 11 is 0. The van der Waals surface area contributed by atoms with Crippen LogP contribution in [0.15, 0.2) is 11.3 Å². The van der Waals surface area contributed by atoms with Crippen LogP contribution in [0, 0.1) is 11.3 Å². The summed E-state index contributed by atoms with van der Waals surface area (Å²) in [4.78, 5) is 13.4. The first kappa shape index (κ1) is 12.5. The predicted molar refractivity (Wildman–Crippen MR) is 60.9 cm³/mol. The molecule has 88 valence electrons. The molecular weight excluding hydrogens is 204 g/mol. The van der Waals surface area contributed by atoms with Crippen LogP contribution in [0.1, 0.15) is 26.7 Å². The molecule has 0 saturated heterocycles. The number of hydrogen-bond acceptors (Lipinski definition) is 4. The Labute approximate surface area is 96.1 Å². The van der Waals surface area contributed by atoms with E-state index < -0.39 is 0 Å². The standard InChI is InChI=1S/C11H18N4O/c1-8-7-15(3)9(2)6-10(8)13-14-11(16)4-5-12/h9,13H,4,6-7H2,1-3H3,(H,14,16)/t9-/m1/s1. The van der Waals surface area contributed by atoms with Gasteiger partial charge < -0.3 is 5.43 Å². The Morgan fingerprint density at radius 3 is 3.00 bits per heavy atom. The van der Waals surface area contributed by atoms with Gasteiger partial charge in [0.05, 0.1) is 6.07 Å². The fourth-order valence-electron chi connectivity index (χ4n) is 1.67. The van der Waals surface area contributed by atoms with Gasteiger partial charge in [0.15, 0.2) is 0 Å². The normalized spacial score (nSPS) is 21.5. The number of likely N-dealkylation sites (N-methyl/N-ethyl adjacent to an activating group) is 1. The molecule has 1 heterocycles. The zero-order valence-corrected chi connectivity index (χ0v) is 10.0. The number of hydrazine groups is 1. The van der Waals surface area contributed by atoms with Crippen molar-refractivity contribution in [1.82, 2.24) is 15.8 Å². The van der Waals surface area contributed by atoms with Crippen LogP contribution in [0.25, 0.3) is 0 Å². The van der Waals surface area contributed by atoms with Crippen LogP contribution in [0.4, 0.5) is 0 Å². The third-order valence-electron chi connectivity index (χ3n) is 2.85. The predicted octanol–water partition coefficient (Wildman–Crippen LogP) is 0.519. The van der Waals surface area contributed by atoms with Crippen LogP contribution in [0.5, 0.6) is 0 Å². The Morgan fingerprint density at radius 1 is 1.69 bits per heavy atom. The van der Waals surface area contributed by atoms with Crippen molar-refractivity contribution >= 4 is 5.91 Å². The molecule has 16 heavy (non-hydrogen) atoms. The Kier molecular flexibility index (Phi) is 4.32. The van der Waals surface area contributed by atoms with Crippen LogP contribution in [0.3, 0.4) is 0 Å². The van der Waals surface area contributed by atoms with Gasteiger partial charge in [-0.1, -0.05) is 0 Å². The van der Waals surface area contributed by atoms with Crippen molar-refractivity contribution in [3.63, 3.8) is 0 Å². The molecule has 5 nitrogen and oxygen atoms in total. The monoisotopic (exact) mass is 222 g/mol. The van der Waals surface area contributed by atoms with Gasteiger partial charge in [0.1, 0.15) is 6.42 Å². The lowest BCUT2D eigenvalue weighted by molar-refractivity contribution is -0.120. The van der Waals surface area contributed by atoms with Crippen LogP contribution in [-0.4, -0.2) is 30.4 Å². The van der Waals surface area contributed by atoms with Crippen molar-refractivity contribution in [2.45, 2.75) is 32.7 Å². The zero-order valence-electron chi connectivity index (χ0n) is 10.0. The van der Waals surface area contributed by atoms with Gasteiger partial charge in [0.25, 0.3) is 5.91 Å². The molecule has 0 unspecified atom stereocenters. The maximum Gasteiger partial charge on any atom is 0.252 e. The van der Waals surface area contributed by atoms with Crippen LogP contribution in [0.2, 0.25) is 0 Å². The van der Waals surface area contributed by atoms with Gasteiger partial charge in [0, 0.05) is 24.7 Å². The Bertz CT molecular complexity index is 342. The quantitative estimate of drug-likeness (QED) is 0.683. The molecule has 1 rings (SSSR count). The van der Waals surface area contributed by atoms with E-state index in [2.05, 4.69) is 29.7 Å². The van der Waals surface area contributed by atoms with E-state index in [0.29, 0.717) is 6.04 Å². The summed E-state index contributed by atoms with van der Waals surface area (Å²) in [5.74, 6) is -0.297. The highest BCUT2D eigenvalue weighted by molar-refractivity contribution is 5.77. The first-order chi connectivity index (χ1) is 7.54. The minimum atomic E-state index is -0.297. The Morgan fingerprint density at radius 2 is 2.38 bits per heavy atom. The summed E-state index contributed by atoms with van der Waals surface area (Å²) in [6.45, 7) is 5.09. The van der Waals surface area contributed by atoms with Crippen molar-refractivity contribution in [2.24, 2.45) is 0 Å². The minimum absolute atomic E-state index is 0.116. The second kappa shape index (κ2) is 5.52. The van der Waals surface area contributed by atoms with E-state index in [1.165, 1.54) is 5.57 Å². The van der Waals surface area contributed by atoms with Gasteiger partial charge in [-0.05, 0) is 26.5 Å². The van der Waals surface area contributed by atoms with Gasteiger partial charge >= 0.3 is 0 Å². The third kappa shape index (κ3) is 3.24. The highest BCUT2D eigenvalue weighted by Gasteiger charge is 2.19. The number of nitrogens with zero attached hydrogens (tertiary/aromatic N) is 2. The van der Waals surface area contributed by atoms with E-state index in [9.17, 15) is 4.79 Å². The van der Waals surface area contributed by atoms with Crippen molar-refractivity contribution in [1.29, 1.82) is 5.26 Å². The Hall–Kier alpha value is -1.54. The molecule has 0 aromatic carbocycles. The molecule has 1 aliphatic heterocycles. The first-order valence-corrected chi connectivity index (χ1v) is 5.35. The van der Waals surface area contributed by atoms with E-state index in [1.807, 2.05) is 6.92 Å². The lowest BCUT2D eigenvalue weighted by Crippen LogP contribution is -2.43. The molecule has 1 amide bonds. The summed E-state index contributed by atoms with van der Waals surface area (Å²) in [6, 6.07) is 2.26. The Balaban J connectivity index is 2.51. The summed E-state index contributed by atoms with van der Waals surface area (Å²) in [5, 5.41) is 8.35. The molecule has 0 bridgehead atoms. The van der Waals surface area contributed by atoms with Crippen LogP contribution >= 0.6 is 0 Å². The maximum atomic E-state index is 11.1. The molecule has 0 fully saturated rings. The first-order valence-electron chi connectivity index (χ1n) is 5.35. The molecule has 0 aromatic heterocycles. The largest absolute Gasteiger partial charge is 0.303 e. The number of carbonyl (C=O) groups is 1. The van der Waals surface area contributed by atoms with E-state index in [4.69, 9.17) is 5.26 Å². The SMILES string of the molecule is CC1=C(NNC(=O)CC#N)C[C@@H](C)N(C)C1. The van der Waals surface area contributed by atoms with Crippen molar-refractivity contribution in [3.05, 3.63) is 11.3 Å². The van der Waals surface area contributed by atoms with Crippen LogP contribution < -0.4 is 10.9 Å². The molecular formula is C11H18N4O. The van der Waals surface area contributed by atoms with E-state index in [1.54, 1.807) is 6.07 Å². The molecule has 0 spiro atoms. The number of carbonyl (C=O) groups excluding carboxylic acids is 1. The molecule has 1 atom stereocenters. The van der Waals surface area contributed by atoms with Crippen molar-refractivity contribution in [3.8, 4) is 6.07 Å². The molecule has 0 saturated carbocycles. The highest BCUT2D eigenvalue weighted by Crippen LogP contribution is 2.18. The second-order valence-electron chi connectivity index (χ2n) is 4.24. The summed E-state index contributed by atoms with van der Waals surface area (Å²) in [5.41, 5.74) is 7.71. The number of nitrogens with one attached hydrogen (secondary N) is 2. The smallest absolute Gasteiger partial charge is 0.252 e. The number of nitriles is 1. The molecule has 5 heteroatoms. The van der Waals surface area contributed by atoms with Gasteiger partial charge in [-0.3, -0.25) is 15.1 Å².